The highest BCUT2D eigenvalue weighted by molar-refractivity contribution is 5.82. The van der Waals surface area contributed by atoms with E-state index in [0.29, 0.717) is 11.4 Å². The number of nitrogens with zero attached hydrogens (tertiary/aromatic N) is 2. The Morgan fingerprint density at radius 2 is 1.67 bits per heavy atom. The number of nitrogen functional groups attached to an aromatic ring is 1. The van der Waals surface area contributed by atoms with Crippen LogP contribution in [0.5, 0.6) is 5.75 Å². The maximum absolute atomic E-state index is 6.12. The molecule has 0 amide bonds. The number of benzene rings is 3. The Morgan fingerprint density at radius 1 is 0.926 bits per heavy atom. The van der Waals surface area contributed by atoms with Crippen molar-refractivity contribution in [1.82, 2.24) is 9.55 Å². The number of ether oxygens (including phenoxy) is 1. The minimum Gasteiger partial charge on any atom is -0.495 e. The molecular weight excluding hydrogens is 334 g/mol. The highest BCUT2D eigenvalue weighted by Gasteiger charge is 2.13. The molecular formula is C23H21N3O. The molecule has 3 aromatic carbocycles. The van der Waals surface area contributed by atoms with E-state index in [-0.39, 0.29) is 0 Å². The third-order valence-corrected chi connectivity index (χ3v) is 4.62. The van der Waals surface area contributed by atoms with Gasteiger partial charge in [-0.05, 0) is 28.8 Å². The molecule has 0 aliphatic rings. The van der Waals surface area contributed by atoms with Crippen LogP contribution in [0.1, 0.15) is 5.56 Å². The van der Waals surface area contributed by atoms with Crippen LogP contribution in [0.15, 0.2) is 85.2 Å². The van der Waals surface area contributed by atoms with Gasteiger partial charge >= 0.3 is 0 Å². The molecule has 0 unspecified atom stereocenters. The third-order valence-electron chi connectivity index (χ3n) is 4.62. The van der Waals surface area contributed by atoms with E-state index in [1.165, 1.54) is 5.56 Å². The van der Waals surface area contributed by atoms with Gasteiger partial charge in [0.15, 0.2) is 0 Å². The van der Waals surface area contributed by atoms with Crippen molar-refractivity contribution >= 4 is 5.69 Å². The van der Waals surface area contributed by atoms with Crippen LogP contribution in [0.25, 0.3) is 22.5 Å². The van der Waals surface area contributed by atoms with E-state index in [1.807, 2.05) is 48.8 Å². The zero-order chi connectivity index (χ0) is 18.6. The number of hydrogen-bond acceptors (Lipinski definition) is 3. The van der Waals surface area contributed by atoms with Crippen molar-refractivity contribution in [3.8, 4) is 28.3 Å². The Kier molecular flexibility index (Phi) is 4.62. The summed E-state index contributed by atoms with van der Waals surface area (Å²) in [6.45, 7) is 0.773. The first-order valence-electron chi connectivity index (χ1n) is 8.84. The Hall–Kier alpha value is -3.53. The maximum Gasteiger partial charge on any atom is 0.141 e. The fraction of sp³-hybridized carbons (Fsp3) is 0.0870. The molecule has 0 aliphatic heterocycles. The highest BCUT2D eigenvalue weighted by Crippen LogP contribution is 2.34. The Morgan fingerprint density at radius 3 is 2.41 bits per heavy atom. The first-order valence-corrected chi connectivity index (χ1v) is 8.84. The van der Waals surface area contributed by atoms with Gasteiger partial charge in [-0.2, -0.15) is 0 Å². The first-order chi connectivity index (χ1) is 13.3. The van der Waals surface area contributed by atoms with Gasteiger partial charge < -0.3 is 15.0 Å². The maximum atomic E-state index is 6.12. The summed E-state index contributed by atoms with van der Waals surface area (Å²) in [5.41, 5.74) is 11.2. The Labute approximate surface area is 158 Å². The monoisotopic (exact) mass is 355 g/mol. The smallest absolute Gasteiger partial charge is 0.141 e. The Balaban J connectivity index is 1.77. The fourth-order valence-corrected chi connectivity index (χ4v) is 3.29. The molecule has 0 saturated carbocycles. The predicted octanol–water partition coefficient (Wildman–Crippen LogP) is 4.86. The van der Waals surface area contributed by atoms with Crippen molar-refractivity contribution in [2.45, 2.75) is 6.54 Å². The summed E-state index contributed by atoms with van der Waals surface area (Å²) in [6, 6.07) is 24.5. The molecule has 0 fully saturated rings. The lowest BCUT2D eigenvalue weighted by atomic mass is 9.98. The van der Waals surface area contributed by atoms with E-state index in [0.717, 1.165) is 29.1 Å². The minimum absolute atomic E-state index is 0.623. The average molecular weight is 355 g/mol. The van der Waals surface area contributed by atoms with Crippen molar-refractivity contribution in [3.63, 3.8) is 0 Å². The molecule has 134 valence electrons. The number of hydrogen-bond donors (Lipinski definition) is 1. The number of nitrogens with two attached hydrogens (primary N) is 1. The zero-order valence-electron chi connectivity index (χ0n) is 15.2. The minimum atomic E-state index is 0.623. The molecule has 4 rings (SSSR count). The highest BCUT2D eigenvalue weighted by atomic mass is 16.5. The lowest BCUT2D eigenvalue weighted by molar-refractivity contribution is 0.417. The second-order valence-electron chi connectivity index (χ2n) is 6.37. The van der Waals surface area contributed by atoms with Crippen LogP contribution in [0.2, 0.25) is 0 Å². The van der Waals surface area contributed by atoms with Crippen LogP contribution >= 0.6 is 0 Å². The molecule has 4 nitrogen and oxygen atoms in total. The van der Waals surface area contributed by atoms with E-state index < -0.39 is 0 Å². The fourth-order valence-electron chi connectivity index (χ4n) is 3.29. The van der Waals surface area contributed by atoms with Gasteiger partial charge in [0.25, 0.3) is 0 Å². The van der Waals surface area contributed by atoms with E-state index in [9.17, 15) is 0 Å². The summed E-state index contributed by atoms with van der Waals surface area (Å²) in [6.07, 6.45) is 3.86. The molecule has 0 aliphatic carbocycles. The zero-order valence-corrected chi connectivity index (χ0v) is 15.2. The molecule has 1 heterocycles. The van der Waals surface area contributed by atoms with Gasteiger partial charge in [-0.25, -0.2) is 4.98 Å². The van der Waals surface area contributed by atoms with Crippen molar-refractivity contribution in [2.24, 2.45) is 0 Å². The first kappa shape index (κ1) is 16.9. The van der Waals surface area contributed by atoms with Gasteiger partial charge in [0.1, 0.15) is 11.6 Å². The van der Waals surface area contributed by atoms with E-state index in [1.54, 1.807) is 7.11 Å². The summed E-state index contributed by atoms with van der Waals surface area (Å²) in [5.74, 6) is 1.62. The molecule has 0 bridgehead atoms. The number of methoxy groups -OCH3 is 1. The lowest BCUT2D eigenvalue weighted by Gasteiger charge is -2.13. The normalized spacial score (nSPS) is 10.7. The standard InChI is InChI=1S/C23H21N3O/c1-27-22-12-11-18(15-21(22)24)19-9-5-6-10-20(19)23-25-13-14-26(23)16-17-7-3-2-4-8-17/h2-15H,16,24H2,1H3. The van der Waals surface area contributed by atoms with Gasteiger partial charge in [0.2, 0.25) is 0 Å². The van der Waals surface area contributed by atoms with Crippen LogP contribution in [0.3, 0.4) is 0 Å². The molecule has 4 heteroatoms. The second kappa shape index (κ2) is 7.38. The molecule has 4 aromatic rings. The van der Waals surface area contributed by atoms with Crippen LogP contribution in [-0.2, 0) is 6.54 Å². The average Bonchev–Trinajstić information content (AvgIpc) is 3.16. The summed E-state index contributed by atoms with van der Waals surface area (Å²) in [4.78, 5) is 4.63. The molecule has 0 radical (unpaired) electrons. The number of rotatable bonds is 5. The predicted molar refractivity (Wildman–Crippen MR) is 110 cm³/mol. The van der Waals surface area contributed by atoms with E-state index in [4.69, 9.17) is 10.5 Å². The van der Waals surface area contributed by atoms with Crippen molar-refractivity contribution < 1.29 is 4.74 Å². The topological polar surface area (TPSA) is 53.1 Å². The summed E-state index contributed by atoms with van der Waals surface area (Å²) < 4.78 is 7.45. The van der Waals surface area contributed by atoms with Crippen molar-refractivity contribution in [3.05, 3.63) is 90.8 Å². The molecule has 27 heavy (non-hydrogen) atoms. The van der Waals surface area contributed by atoms with Crippen LogP contribution in [0, 0.1) is 0 Å². The van der Waals surface area contributed by atoms with Gasteiger partial charge in [0, 0.05) is 24.5 Å². The quantitative estimate of drug-likeness (QED) is 0.520. The summed E-state index contributed by atoms with van der Waals surface area (Å²) >= 11 is 0. The van der Waals surface area contributed by atoms with Crippen LogP contribution in [-0.4, -0.2) is 16.7 Å². The van der Waals surface area contributed by atoms with Gasteiger partial charge in [0.05, 0.1) is 12.8 Å². The van der Waals surface area contributed by atoms with E-state index >= 15 is 0 Å². The molecule has 0 saturated heterocycles. The Bertz CT molecular complexity index is 1050. The number of aromatic nitrogens is 2. The number of anilines is 1. The second-order valence-corrected chi connectivity index (χ2v) is 6.37. The van der Waals surface area contributed by atoms with Crippen molar-refractivity contribution in [1.29, 1.82) is 0 Å². The molecule has 0 spiro atoms. The largest absolute Gasteiger partial charge is 0.495 e. The SMILES string of the molecule is COc1ccc(-c2ccccc2-c2nccn2Cc2ccccc2)cc1N. The third kappa shape index (κ3) is 3.42. The van der Waals surface area contributed by atoms with Gasteiger partial charge in [-0.15, -0.1) is 0 Å². The van der Waals surface area contributed by atoms with E-state index in [2.05, 4.69) is 45.9 Å². The van der Waals surface area contributed by atoms with Gasteiger partial charge in [-0.1, -0.05) is 60.7 Å². The van der Waals surface area contributed by atoms with Crippen LogP contribution in [0.4, 0.5) is 5.69 Å². The molecule has 0 atom stereocenters. The summed E-state index contributed by atoms with van der Waals surface area (Å²) in [7, 11) is 1.62. The lowest BCUT2D eigenvalue weighted by Crippen LogP contribution is -2.02. The van der Waals surface area contributed by atoms with Crippen molar-refractivity contribution in [2.75, 3.05) is 12.8 Å². The number of imidazole rings is 1. The summed E-state index contributed by atoms with van der Waals surface area (Å²) in [5, 5.41) is 0. The van der Waals surface area contributed by atoms with Crippen LogP contribution < -0.4 is 10.5 Å². The van der Waals surface area contributed by atoms with Gasteiger partial charge in [-0.3, -0.25) is 0 Å². The molecule has 2 N–H and O–H groups in total. The molecule has 1 aromatic heterocycles.